The largest absolute Gasteiger partial charge is 0.480 e. The molecule has 3 rings (SSSR count). The molecule has 0 fully saturated rings. The third-order valence-corrected chi connectivity index (χ3v) is 3.54. The molecule has 5 heteroatoms. The Bertz CT molecular complexity index is 580. The maximum Gasteiger partial charge on any atom is 0.321 e. The van der Waals surface area contributed by atoms with Gasteiger partial charge in [-0.15, -0.1) is 0 Å². The molecule has 1 atom stereocenters. The van der Waals surface area contributed by atoms with Crippen LogP contribution in [0.25, 0.3) is 0 Å². The number of nitrogens with zero attached hydrogens (tertiary/aromatic N) is 2. The lowest BCUT2D eigenvalue weighted by atomic mass is 9.94. The van der Waals surface area contributed by atoms with E-state index < -0.39 is 12.0 Å². The number of carboxylic acid groups (broad SMARTS) is 1. The van der Waals surface area contributed by atoms with Gasteiger partial charge in [-0.2, -0.15) is 0 Å². The molecule has 2 aromatic rings. The van der Waals surface area contributed by atoms with Crippen molar-refractivity contribution < 1.29 is 9.90 Å². The van der Waals surface area contributed by atoms with Gasteiger partial charge in [-0.05, 0) is 17.5 Å². The monoisotopic (exact) mass is 257 g/mol. The van der Waals surface area contributed by atoms with Crippen LogP contribution in [0.2, 0.25) is 0 Å². The van der Waals surface area contributed by atoms with Gasteiger partial charge in [-0.3, -0.25) is 9.69 Å². The van der Waals surface area contributed by atoms with Crippen LogP contribution in [0.1, 0.15) is 17.0 Å². The van der Waals surface area contributed by atoms with Gasteiger partial charge < -0.3 is 10.1 Å². The number of aromatic nitrogens is 2. The average Bonchev–Trinajstić information content (AvgIpc) is 2.90. The fourth-order valence-electron chi connectivity index (χ4n) is 2.56. The quantitative estimate of drug-likeness (QED) is 0.872. The first-order valence-electron chi connectivity index (χ1n) is 6.26. The van der Waals surface area contributed by atoms with Crippen LogP contribution in [0.15, 0.2) is 36.7 Å². The summed E-state index contributed by atoms with van der Waals surface area (Å²) in [6.45, 7) is 1.17. The lowest BCUT2D eigenvalue weighted by Gasteiger charge is -2.33. The Balaban J connectivity index is 1.87. The molecule has 0 spiro atoms. The fourth-order valence-corrected chi connectivity index (χ4v) is 2.56. The summed E-state index contributed by atoms with van der Waals surface area (Å²) < 4.78 is 0. The molecule has 0 saturated carbocycles. The summed E-state index contributed by atoms with van der Waals surface area (Å²) >= 11 is 0. The number of hydrogen-bond donors (Lipinski definition) is 2. The highest BCUT2D eigenvalue weighted by molar-refractivity contribution is 5.74. The first-order chi connectivity index (χ1) is 9.24. The number of imidazole rings is 1. The highest BCUT2D eigenvalue weighted by atomic mass is 16.4. The summed E-state index contributed by atoms with van der Waals surface area (Å²) in [5.74, 6) is 0.0201. The SMILES string of the molecule is O=C(O)[C@H]1Cc2ccccc2CN1Cc1ncc[nH]1. The summed E-state index contributed by atoms with van der Waals surface area (Å²) in [6.07, 6.45) is 3.98. The molecule has 98 valence electrons. The molecular formula is C14H15N3O2. The van der Waals surface area contributed by atoms with Crippen molar-refractivity contribution in [3.05, 3.63) is 53.6 Å². The van der Waals surface area contributed by atoms with Crippen LogP contribution in [0.5, 0.6) is 0 Å². The zero-order valence-corrected chi connectivity index (χ0v) is 10.4. The second-order valence-electron chi connectivity index (χ2n) is 4.77. The molecule has 0 amide bonds. The van der Waals surface area contributed by atoms with Crippen LogP contribution in [0.4, 0.5) is 0 Å². The van der Waals surface area contributed by atoms with Crippen LogP contribution in [-0.2, 0) is 24.3 Å². The number of benzene rings is 1. The van der Waals surface area contributed by atoms with E-state index in [9.17, 15) is 9.90 Å². The summed E-state index contributed by atoms with van der Waals surface area (Å²) in [5.41, 5.74) is 2.33. The van der Waals surface area contributed by atoms with E-state index in [1.54, 1.807) is 12.4 Å². The fraction of sp³-hybridized carbons (Fsp3) is 0.286. The zero-order valence-electron chi connectivity index (χ0n) is 10.4. The number of H-pyrrole nitrogens is 1. The Morgan fingerprint density at radius 1 is 1.42 bits per heavy atom. The Kier molecular flexibility index (Phi) is 3.05. The molecule has 2 heterocycles. The first-order valence-corrected chi connectivity index (χ1v) is 6.26. The van der Waals surface area contributed by atoms with Crippen molar-refractivity contribution in [1.29, 1.82) is 0 Å². The molecule has 0 bridgehead atoms. The number of aromatic amines is 1. The van der Waals surface area contributed by atoms with Gasteiger partial charge in [-0.25, -0.2) is 4.98 Å². The maximum atomic E-state index is 11.4. The number of aliphatic carboxylic acids is 1. The van der Waals surface area contributed by atoms with Crippen LogP contribution in [0.3, 0.4) is 0 Å². The second kappa shape index (κ2) is 4.85. The highest BCUT2D eigenvalue weighted by Gasteiger charge is 2.31. The van der Waals surface area contributed by atoms with Crippen LogP contribution in [-0.4, -0.2) is 32.0 Å². The molecule has 0 radical (unpaired) electrons. The third kappa shape index (κ3) is 2.37. The third-order valence-electron chi connectivity index (χ3n) is 3.54. The standard InChI is InChI=1S/C14H15N3O2/c18-14(19)12-7-10-3-1-2-4-11(10)8-17(12)9-13-15-5-6-16-13/h1-6,12H,7-9H2,(H,15,16)(H,18,19)/t12-/m1/s1. The Hall–Kier alpha value is -2.14. The molecule has 5 nitrogen and oxygen atoms in total. The van der Waals surface area contributed by atoms with Gasteiger partial charge in [0.15, 0.2) is 0 Å². The van der Waals surface area contributed by atoms with Crippen LogP contribution in [0, 0.1) is 0 Å². The van der Waals surface area contributed by atoms with E-state index in [-0.39, 0.29) is 0 Å². The molecule has 2 N–H and O–H groups in total. The molecule has 1 aromatic carbocycles. The number of carboxylic acids is 1. The van der Waals surface area contributed by atoms with E-state index in [1.165, 1.54) is 5.56 Å². The maximum absolute atomic E-state index is 11.4. The lowest BCUT2D eigenvalue weighted by Crippen LogP contribution is -2.45. The average molecular weight is 257 g/mol. The molecule has 1 aliphatic rings. The molecular weight excluding hydrogens is 242 g/mol. The predicted molar refractivity (Wildman–Crippen MR) is 69.4 cm³/mol. The van der Waals surface area contributed by atoms with Crippen molar-refractivity contribution in [3.8, 4) is 0 Å². The van der Waals surface area contributed by atoms with Gasteiger partial charge in [-0.1, -0.05) is 24.3 Å². The first kappa shape index (κ1) is 11.9. The minimum absolute atomic E-state index is 0.486. The van der Waals surface area contributed by atoms with Crippen molar-refractivity contribution in [2.24, 2.45) is 0 Å². The van der Waals surface area contributed by atoms with Gasteiger partial charge in [0.05, 0.1) is 6.54 Å². The summed E-state index contributed by atoms with van der Waals surface area (Å²) in [5, 5.41) is 9.39. The Morgan fingerprint density at radius 2 is 2.21 bits per heavy atom. The van der Waals surface area contributed by atoms with E-state index in [1.807, 2.05) is 23.1 Å². The summed E-state index contributed by atoms with van der Waals surface area (Å²) in [4.78, 5) is 20.6. The van der Waals surface area contributed by atoms with Crippen molar-refractivity contribution in [2.45, 2.75) is 25.6 Å². The van der Waals surface area contributed by atoms with Gasteiger partial charge in [0.25, 0.3) is 0 Å². The number of hydrogen-bond acceptors (Lipinski definition) is 3. The Morgan fingerprint density at radius 3 is 2.89 bits per heavy atom. The van der Waals surface area contributed by atoms with Crippen molar-refractivity contribution in [3.63, 3.8) is 0 Å². The minimum Gasteiger partial charge on any atom is -0.480 e. The topological polar surface area (TPSA) is 69.2 Å². The second-order valence-corrected chi connectivity index (χ2v) is 4.77. The van der Waals surface area contributed by atoms with Crippen LogP contribution < -0.4 is 0 Å². The van der Waals surface area contributed by atoms with Gasteiger partial charge in [0, 0.05) is 18.9 Å². The molecule has 0 saturated heterocycles. The smallest absolute Gasteiger partial charge is 0.321 e. The van der Waals surface area contributed by atoms with Gasteiger partial charge in [0.2, 0.25) is 0 Å². The summed E-state index contributed by atoms with van der Waals surface area (Å²) in [7, 11) is 0. The van der Waals surface area contributed by atoms with E-state index in [2.05, 4.69) is 16.0 Å². The van der Waals surface area contributed by atoms with E-state index >= 15 is 0 Å². The van der Waals surface area contributed by atoms with Crippen molar-refractivity contribution >= 4 is 5.97 Å². The van der Waals surface area contributed by atoms with Crippen molar-refractivity contribution in [2.75, 3.05) is 0 Å². The number of fused-ring (bicyclic) bond motifs is 1. The number of carbonyl (C=O) groups is 1. The molecule has 1 aliphatic heterocycles. The number of rotatable bonds is 3. The highest BCUT2D eigenvalue weighted by Crippen LogP contribution is 2.24. The molecule has 19 heavy (non-hydrogen) atoms. The molecule has 0 aliphatic carbocycles. The van der Waals surface area contributed by atoms with E-state index in [4.69, 9.17) is 0 Å². The van der Waals surface area contributed by atoms with Crippen LogP contribution >= 0.6 is 0 Å². The summed E-state index contributed by atoms with van der Waals surface area (Å²) in [6, 6.07) is 7.53. The van der Waals surface area contributed by atoms with Gasteiger partial charge in [0.1, 0.15) is 11.9 Å². The lowest BCUT2D eigenvalue weighted by molar-refractivity contribution is -0.144. The molecule has 1 aromatic heterocycles. The minimum atomic E-state index is -0.777. The normalized spacial score (nSPS) is 19.1. The zero-order chi connectivity index (χ0) is 13.2. The number of nitrogens with one attached hydrogen (secondary N) is 1. The van der Waals surface area contributed by atoms with Crippen molar-refractivity contribution in [1.82, 2.24) is 14.9 Å². The van der Waals surface area contributed by atoms with E-state index in [0.29, 0.717) is 19.5 Å². The predicted octanol–water partition coefficient (Wildman–Crippen LogP) is 1.42. The van der Waals surface area contributed by atoms with E-state index in [0.717, 1.165) is 11.4 Å². The Labute approximate surface area is 110 Å². The van der Waals surface area contributed by atoms with Gasteiger partial charge >= 0.3 is 5.97 Å². The molecule has 0 unspecified atom stereocenters.